The minimum absolute atomic E-state index is 0.289. The van der Waals surface area contributed by atoms with Gasteiger partial charge in [0.05, 0.1) is 12.1 Å². The van der Waals surface area contributed by atoms with Gasteiger partial charge in [0.1, 0.15) is 0 Å². The lowest BCUT2D eigenvalue weighted by molar-refractivity contribution is 0.0545. The third kappa shape index (κ3) is 1.66. The van der Waals surface area contributed by atoms with E-state index < -0.39 is 0 Å². The van der Waals surface area contributed by atoms with E-state index in [0.29, 0.717) is 6.04 Å². The van der Waals surface area contributed by atoms with E-state index in [1.165, 1.54) is 51.4 Å². The van der Waals surface area contributed by atoms with Crippen molar-refractivity contribution in [3.63, 3.8) is 0 Å². The molecule has 3 heteroatoms. The Labute approximate surface area is 104 Å². The van der Waals surface area contributed by atoms with Gasteiger partial charge in [0.2, 0.25) is 0 Å². The molecule has 0 bridgehead atoms. The van der Waals surface area contributed by atoms with Crippen molar-refractivity contribution in [2.75, 3.05) is 6.54 Å². The van der Waals surface area contributed by atoms with Gasteiger partial charge in [-0.15, -0.1) is 0 Å². The monoisotopic (exact) mass is 235 g/mol. The summed E-state index contributed by atoms with van der Waals surface area (Å²) in [5, 5.41) is 0. The lowest BCUT2D eigenvalue weighted by Gasteiger charge is -2.49. The maximum Gasteiger partial charge on any atom is 0.192 e. The van der Waals surface area contributed by atoms with Gasteiger partial charge in [-0.3, -0.25) is 4.99 Å². The highest BCUT2D eigenvalue weighted by atomic mass is 15.4. The Morgan fingerprint density at radius 1 is 1.18 bits per heavy atom. The van der Waals surface area contributed by atoms with E-state index in [1.54, 1.807) is 0 Å². The van der Waals surface area contributed by atoms with Crippen molar-refractivity contribution in [2.45, 2.75) is 69.9 Å². The Balaban J connectivity index is 1.88. The fraction of sp³-hybridized carbons (Fsp3) is 0.929. The van der Waals surface area contributed by atoms with Crippen LogP contribution in [0.1, 0.15) is 58.3 Å². The molecule has 96 valence electrons. The van der Waals surface area contributed by atoms with Gasteiger partial charge in [-0.1, -0.05) is 32.6 Å². The Morgan fingerprint density at radius 2 is 1.88 bits per heavy atom. The number of nitrogens with zero attached hydrogens (tertiary/aromatic N) is 2. The number of guanidine groups is 1. The van der Waals surface area contributed by atoms with E-state index in [9.17, 15) is 0 Å². The molecule has 3 nitrogen and oxygen atoms in total. The number of aliphatic imine (C=N–C) groups is 1. The van der Waals surface area contributed by atoms with Crippen molar-refractivity contribution in [3.05, 3.63) is 0 Å². The number of nitrogens with two attached hydrogens (primary N) is 1. The van der Waals surface area contributed by atoms with Crippen LogP contribution in [-0.4, -0.2) is 29.0 Å². The zero-order valence-corrected chi connectivity index (χ0v) is 11.0. The number of hydrogen-bond donors (Lipinski definition) is 1. The molecule has 0 aromatic rings. The highest BCUT2D eigenvalue weighted by molar-refractivity contribution is 5.81. The molecule has 0 radical (unpaired) electrons. The molecule has 1 aliphatic heterocycles. The number of hydrogen-bond acceptors (Lipinski definition) is 3. The van der Waals surface area contributed by atoms with Crippen molar-refractivity contribution >= 4 is 5.96 Å². The summed E-state index contributed by atoms with van der Waals surface area (Å²) in [6.45, 7) is 3.37. The predicted octanol–water partition coefficient (Wildman–Crippen LogP) is 2.51. The van der Waals surface area contributed by atoms with E-state index >= 15 is 0 Å². The largest absolute Gasteiger partial charge is 0.370 e. The first-order chi connectivity index (χ1) is 8.24. The van der Waals surface area contributed by atoms with Crippen LogP contribution in [0.25, 0.3) is 0 Å². The van der Waals surface area contributed by atoms with Gasteiger partial charge < -0.3 is 10.6 Å². The summed E-state index contributed by atoms with van der Waals surface area (Å²) < 4.78 is 0. The van der Waals surface area contributed by atoms with E-state index in [1.807, 2.05) is 0 Å². The molecule has 2 fully saturated rings. The highest BCUT2D eigenvalue weighted by Crippen LogP contribution is 2.44. The maximum absolute atomic E-state index is 6.20. The van der Waals surface area contributed by atoms with Gasteiger partial charge in [-0.05, 0) is 31.6 Å². The Morgan fingerprint density at radius 3 is 2.59 bits per heavy atom. The molecule has 2 N–H and O–H groups in total. The van der Waals surface area contributed by atoms with Crippen LogP contribution in [0.4, 0.5) is 0 Å². The normalized spacial score (nSPS) is 39.0. The average Bonchev–Trinajstić information content (AvgIpc) is 2.92. The molecule has 2 atom stereocenters. The summed E-state index contributed by atoms with van der Waals surface area (Å²) in [5.41, 5.74) is 6.49. The maximum atomic E-state index is 6.20. The van der Waals surface area contributed by atoms with Crippen LogP contribution >= 0.6 is 0 Å². The first-order valence-corrected chi connectivity index (χ1v) is 7.33. The van der Waals surface area contributed by atoms with Gasteiger partial charge in [-0.25, -0.2) is 0 Å². The second-order valence-electron chi connectivity index (χ2n) is 6.23. The summed E-state index contributed by atoms with van der Waals surface area (Å²) in [7, 11) is 0. The smallest absolute Gasteiger partial charge is 0.192 e. The molecule has 2 saturated carbocycles. The molecular weight excluding hydrogens is 210 g/mol. The lowest BCUT2D eigenvalue weighted by atomic mass is 9.72. The van der Waals surface area contributed by atoms with E-state index in [2.05, 4.69) is 16.8 Å². The van der Waals surface area contributed by atoms with E-state index in [4.69, 9.17) is 5.73 Å². The van der Waals surface area contributed by atoms with Gasteiger partial charge in [0.15, 0.2) is 5.96 Å². The van der Waals surface area contributed by atoms with Crippen LogP contribution in [0.3, 0.4) is 0 Å². The quantitative estimate of drug-likeness (QED) is 0.758. The van der Waals surface area contributed by atoms with Crippen LogP contribution in [0.15, 0.2) is 4.99 Å². The fourth-order valence-corrected chi connectivity index (χ4v) is 4.30. The van der Waals surface area contributed by atoms with Crippen LogP contribution in [0.2, 0.25) is 0 Å². The fourth-order valence-electron chi connectivity index (χ4n) is 4.30. The molecule has 0 saturated heterocycles. The Hall–Kier alpha value is -0.730. The molecule has 3 aliphatic rings. The summed E-state index contributed by atoms with van der Waals surface area (Å²) in [6, 6.07) is 0.682. The molecule has 0 aromatic heterocycles. The second-order valence-corrected chi connectivity index (χ2v) is 6.23. The highest BCUT2D eigenvalue weighted by Gasteiger charge is 2.49. The van der Waals surface area contributed by atoms with Crippen LogP contribution in [0.5, 0.6) is 0 Å². The third-order valence-corrected chi connectivity index (χ3v) is 5.35. The molecule has 2 aliphatic carbocycles. The zero-order valence-electron chi connectivity index (χ0n) is 11.0. The summed E-state index contributed by atoms with van der Waals surface area (Å²) in [5.74, 6) is 1.59. The van der Waals surface area contributed by atoms with Gasteiger partial charge in [-0.2, -0.15) is 0 Å². The SMILES string of the molecule is CC1CCCCC12CN=C(N)N2C1CCCC1. The molecule has 1 spiro atoms. The molecule has 0 aromatic carbocycles. The third-order valence-electron chi connectivity index (χ3n) is 5.35. The standard InChI is InChI=1S/C14H25N3/c1-11-6-4-5-9-14(11)10-16-13(15)17(14)12-7-2-3-8-12/h11-12H,2-10H2,1H3,(H2,15,16). The van der Waals surface area contributed by atoms with Gasteiger partial charge in [0.25, 0.3) is 0 Å². The van der Waals surface area contributed by atoms with Gasteiger partial charge in [0, 0.05) is 6.04 Å². The zero-order chi connectivity index (χ0) is 11.9. The summed E-state index contributed by atoms with van der Waals surface area (Å²) in [4.78, 5) is 7.16. The summed E-state index contributed by atoms with van der Waals surface area (Å²) >= 11 is 0. The topological polar surface area (TPSA) is 41.6 Å². The first-order valence-electron chi connectivity index (χ1n) is 7.33. The van der Waals surface area contributed by atoms with E-state index in [-0.39, 0.29) is 5.54 Å². The molecule has 0 amide bonds. The molecular formula is C14H25N3. The minimum Gasteiger partial charge on any atom is -0.370 e. The number of rotatable bonds is 1. The lowest BCUT2D eigenvalue weighted by Crippen LogP contribution is -2.59. The molecule has 1 heterocycles. The molecule has 2 unspecified atom stereocenters. The predicted molar refractivity (Wildman–Crippen MR) is 70.9 cm³/mol. The summed E-state index contributed by atoms with van der Waals surface area (Å²) in [6.07, 6.45) is 10.8. The van der Waals surface area contributed by atoms with Crippen molar-refractivity contribution < 1.29 is 0 Å². The van der Waals surface area contributed by atoms with Crippen LogP contribution in [0, 0.1) is 5.92 Å². The van der Waals surface area contributed by atoms with Crippen molar-refractivity contribution in [1.29, 1.82) is 0 Å². The van der Waals surface area contributed by atoms with Crippen molar-refractivity contribution in [1.82, 2.24) is 4.90 Å². The van der Waals surface area contributed by atoms with Crippen molar-refractivity contribution in [2.24, 2.45) is 16.6 Å². The Bertz CT molecular complexity index is 319. The van der Waals surface area contributed by atoms with Crippen molar-refractivity contribution in [3.8, 4) is 0 Å². The first kappa shape index (κ1) is 11.4. The van der Waals surface area contributed by atoms with Crippen LogP contribution < -0.4 is 5.73 Å². The van der Waals surface area contributed by atoms with Gasteiger partial charge >= 0.3 is 0 Å². The average molecular weight is 235 g/mol. The van der Waals surface area contributed by atoms with E-state index in [0.717, 1.165) is 18.4 Å². The Kier molecular flexibility index (Phi) is 2.80. The minimum atomic E-state index is 0.289. The van der Waals surface area contributed by atoms with Crippen LogP contribution in [-0.2, 0) is 0 Å². The molecule has 17 heavy (non-hydrogen) atoms. The molecule has 3 rings (SSSR count). The second kappa shape index (κ2) is 4.18.